The maximum atomic E-state index is 12.4. The lowest BCUT2D eigenvalue weighted by atomic mass is 10.3. The van der Waals surface area contributed by atoms with Gasteiger partial charge in [-0.2, -0.15) is 0 Å². The van der Waals surface area contributed by atoms with E-state index >= 15 is 0 Å². The zero-order valence-corrected chi connectivity index (χ0v) is 13.1. The van der Waals surface area contributed by atoms with E-state index in [4.69, 9.17) is 4.74 Å². The fourth-order valence-corrected chi connectivity index (χ4v) is 3.17. The van der Waals surface area contributed by atoms with Crippen LogP contribution >= 0.6 is 11.8 Å². The van der Waals surface area contributed by atoms with Gasteiger partial charge in [-0.25, -0.2) is 0 Å². The minimum Gasteiger partial charge on any atom is -0.497 e. The van der Waals surface area contributed by atoms with Crippen LogP contribution in [0.2, 0.25) is 0 Å². The first-order valence-corrected chi connectivity index (χ1v) is 7.81. The smallest absolute Gasteiger partial charge is 0.235 e. The van der Waals surface area contributed by atoms with Crippen molar-refractivity contribution in [2.45, 2.75) is 17.1 Å². The highest BCUT2D eigenvalue weighted by molar-refractivity contribution is 8.00. The van der Waals surface area contributed by atoms with Gasteiger partial charge in [0.1, 0.15) is 5.75 Å². The lowest BCUT2D eigenvalue weighted by molar-refractivity contribution is -0.134. The molecule has 2 amide bonds. The van der Waals surface area contributed by atoms with E-state index in [0.29, 0.717) is 26.2 Å². The van der Waals surface area contributed by atoms with Gasteiger partial charge < -0.3 is 14.5 Å². The van der Waals surface area contributed by atoms with Crippen molar-refractivity contribution in [3.63, 3.8) is 0 Å². The van der Waals surface area contributed by atoms with Crippen LogP contribution in [0.1, 0.15) is 6.92 Å². The Bertz CT molecular complexity index is 484. The van der Waals surface area contributed by atoms with Gasteiger partial charge in [-0.3, -0.25) is 9.59 Å². The summed E-state index contributed by atoms with van der Waals surface area (Å²) in [5.74, 6) is 0.935. The summed E-state index contributed by atoms with van der Waals surface area (Å²) in [6, 6.07) is 7.69. The number of hydrogen-bond donors (Lipinski definition) is 0. The summed E-state index contributed by atoms with van der Waals surface area (Å²) in [6.07, 6.45) is 0.845. The fraction of sp³-hybridized carbons (Fsp3) is 0.467. The molecule has 0 spiro atoms. The zero-order valence-electron chi connectivity index (χ0n) is 12.3. The summed E-state index contributed by atoms with van der Waals surface area (Å²) in [5, 5.41) is -0.138. The molecule has 1 fully saturated rings. The molecule has 1 aliphatic heterocycles. The van der Waals surface area contributed by atoms with Crippen LogP contribution in [0.3, 0.4) is 0 Å². The summed E-state index contributed by atoms with van der Waals surface area (Å²) in [6.45, 7) is 4.39. The molecule has 0 radical (unpaired) electrons. The third-order valence-corrected chi connectivity index (χ3v) is 4.59. The first kappa shape index (κ1) is 15.7. The molecule has 1 aromatic carbocycles. The van der Waals surface area contributed by atoms with Gasteiger partial charge in [0.05, 0.1) is 12.4 Å². The molecule has 1 heterocycles. The van der Waals surface area contributed by atoms with E-state index in [2.05, 4.69) is 0 Å². The Kier molecular flexibility index (Phi) is 5.50. The minimum absolute atomic E-state index is 0.126. The van der Waals surface area contributed by atoms with E-state index in [1.54, 1.807) is 23.8 Å². The topological polar surface area (TPSA) is 49.9 Å². The van der Waals surface area contributed by atoms with E-state index in [1.165, 1.54) is 0 Å². The number of carbonyl (C=O) groups excluding carboxylic acids is 2. The number of thioether (sulfide) groups is 1. The number of piperazine rings is 1. The standard InChI is InChI=1S/C15H20N2O3S/c1-12(21-14-5-3-13(20-2)4-6-14)15(19)17-9-7-16(11-18)8-10-17/h3-6,11-12H,7-10H2,1-2H3. The quantitative estimate of drug-likeness (QED) is 0.611. The normalized spacial score (nSPS) is 16.5. The van der Waals surface area contributed by atoms with Crippen molar-refractivity contribution in [3.05, 3.63) is 24.3 Å². The molecule has 0 N–H and O–H groups in total. The maximum absolute atomic E-state index is 12.4. The number of amides is 2. The van der Waals surface area contributed by atoms with Gasteiger partial charge in [0.25, 0.3) is 0 Å². The van der Waals surface area contributed by atoms with Crippen molar-refractivity contribution in [1.82, 2.24) is 9.80 Å². The van der Waals surface area contributed by atoms with Gasteiger partial charge in [-0.1, -0.05) is 0 Å². The number of rotatable bonds is 5. The second-order valence-corrected chi connectivity index (χ2v) is 6.32. The van der Waals surface area contributed by atoms with E-state index in [9.17, 15) is 9.59 Å². The largest absolute Gasteiger partial charge is 0.497 e. The van der Waals surface area contributed by atoms with Crippen molar-refractivity contribution in [2.24, 2.45) is 0 Å². The van der Waals surface area contributed by atoms with Crippen LogP contribution in [0.4, 0.5) is 0 Å². The molecular weight excluding hydrogens is 288 g/mol. The Hall–Kier alpha value is -1.69. The molecule has 6 heteroatoms. The fourth-order valence-electron chi connectivity index (χ4n) is 2.21. The highest BCUT2D eigenvalue weighted by Gasteiger charge is 2.24. The first-order chi connectivity index (χ1) is 10.1. The highest BCUT2D eigenvalue weighted by Crippen LogP contribution is 2.26. The Balaban J connectivity index is 1.88. The number of benzene rings is 1. The zero-order chi connectivity index (χ0) is 15.2. The molecule has 1 atom stereocenters. The molecular formula is C15H20N2O3S. The van der Waals surface area contributed by atoms with Gasteiger partial charge in [0.2, 0.25) is 12.3 Å². The maximum Gasteiger partial charge on any atom is 0.235 e. The summed E-state index contributed by atoms with van der Waals surface area (Å²) < 4.78 is 5.12. The van der Waals surface area contributed by atoms with Crippen LogP contribution in [0, 0.1) is 0 Å². The number of nitrogens with zero attached hydrogens (tertiary/aromatic N) is 2. The van der Waals surface area contributed by atoms with E-state index in [0.717, 1.165) is 17.1 Å². The molecule has 114 valence electrons. The second kappa shape index (κ2) is 7.36. The molecule has 21 heavy (non-hydrogen) atoms. The number of ether oxygens (including phenoxy) is 1. The molecule has 1 unspecified atom stereocenters. The second-order valence-electron chi connectivity index (χ2n) is 4.90. The van der Waals surface area contributed by atoms with Gasteiger partial charge in [-0.05, 0) is 31.2 Å². The number of hydrogen-bond acceptors (Lipinski definition) is 4. The molecule has 1 saturated heterocycles. The number of carbonyl (C=O) groups is 2. The molecule has 0 aliphatic carbocycles. The molecule has 1 aliphatic rings. The summed E-state index contributed by atoms with van der Waals surface area (Å²) >= 11 is 1.54. The first-order valence-electron chi connectivity index (χ1n) is 6.93. The molecule has 0 bridgehead atoms. The van der Waals surface area contributed by atoms with E-state index in [1.807, 2.05) is 36.1 Å². The average molecular weight is 308 g/mol. The van der Waals surface area contributed by atoms with Crippen molar-refractivity contribution in [3.8, 4) is 5.75 Å². The molecule has 0 saturated carbocycles. The Morgan fingerprint density at radius 3 is 2.38 bits per heavy atom. The van der Waals surface area contributed by atoms with Crippen LogP contribution in [0.25, 0.3) is 0 Å². The van der Waals surface area contributed by atoms with Gasteiger partial charge in [0, 0.05) is 31.1 Å². The van der Waals surface area contributed by atoms with Gasteiger partial charge in [0.15, 0.2) is 0 Å². The summed E-state index contributed by atoms with van der Waals surface area (Å²) in [7, 11) is 1.63. The summed E-state index contributed by atoms with van der Waals surface area (Å²) in [4.78, 5) is 27.6. The van der Waals surface area contributed by atoms with Crippen LogP contribution in [-0.2, 0) is 9.59 Å². The highest BCUT2D eigenvalue weighted by atomic mass is 32.2. The summed E-state index contributed by atoms with van der Waals surface area (Å²) in [5.41, 5.74) is 0. The monoisotopic (exact) mass is 308 g/mol. The van der Waals surface area contributed by atoms with Crippen LogP contribution in [0.15, 0.2) is 29.2 Å². The van der Waals surface area contributed by atoms with Crippen molar-refractivity contribution in [1.29, 1.82) is 0 Å². The molecule has 2 rings (SSSR count). The molecule has 1 aromatic rings. The van der Waals surface area contributed by atoms with Gasteiger partial charge in [-0.15, -0.1) is 11.8 Å². The Labute approximate surface area is 129 Å². The van der Waals surface area contributed by atoms with Gasteiger partial charge >= 0.3 is 0 Å². The van der Waals surface area contributed by atoms with Crippen molar-refractivity contribution >= 4 is 24.1 Å². The Morgan fingerprint density at radius 2 is 1.86 bits per heavy atom. The van der Waals surface area contributed by atoms with Crippen molar-refractivity contribution < 1.29 is 14.3 Å². The third-order valence-electron chi connectivity index (χ3n) is 3.50. The van der Waals surface area contributed by atoms with Crippen LogP contribution in [0.5, 0.6) is 5.75 Å². The Morgan fingerprint density at radius 1 is 1.24 bits per heavy atom. The van der Waals surface area contributed by atoms with Crippen molar-refractivity contribution in [2.75, 3.05) is 33.3 Å². The lowest BCUT2D eigenvalue weighted by Gasteiger charge is -2.33. The average Bonchev–Trinajstić information content (AvgIpc) is 2.55. The predicted molar refractivity (Wildman–Crippen MR) is 82.5 cm³/mol. The molecule has 5 nitrogen and oxygen atoms in total. The SMILES string of the molecule is COc1ccc(SC(C)C(=O)N2CCN(C=O)CC2)cc1. The van der Waals surface area contributed by atoms with E-state index < -0.39 is 0 Å². The lowest BCUT2D eigenvalue weighted by Crippen LogP contribution is -2.50. The minimum atomic E-state index is -0.138. The van der Waals surface area contributed by atoms with Crippen LogP contribution < -0.4 is 4.74 Å². The predicted octanol–water partition coefficient (Wildman–Crippen LogP) is 1.48. The number of methoxy groups -OCH3 is 1. The van der Waals surface area contributed by atoms with E-state index in [-0.39, 0.29) is 11.2 Å². The molecule has 0 aromatic heterocycles. The van der Waals surface area contributed by atoms with Crippen LogP contribution in [-0.4, -0.2) is 60.7 Å². The third kappa shape index (κ3) is 4.14.